The van der Waals surface area contributed by atoms with Crippen molar-refractivity contribution < 1.29 is 27.9 Å². The first-order valence-electron chi connectivity index (χ1n) is 8.77. The Bertz CT molecular complexity index is 811. The normalized spacial score (nSPS) is 16.1. The van der Waals surface area contributed by atoms with Gasteiger partial charge in [0, 0.05) is 30.3 Å². The number of sulfonamides is 1. The van der Waals surface area contributed by atoms with Gasteiger partial charge in [0.25, 0.3) is 5.91 Å². The van der Waals surface area contributed by atoms with Crippen LogP contribution in [0.15, 0.2) is 24.3 Å². The molecule has 1 saturated heterocycles. The highest BCUT2D eigenvalue weighted by Crippen LogP contribution is 2.21. The first-order chi connectivity index (χ1) is 12.7. The van der Waals surface area contributed by atoms with Gasteiger partial charge in [-0.3, -0.25) is 14.4 Å². The van der Waals surface area contributed by atoms with Crippen LogP contribution in [0.3, 0.4) is 0 Å². The molecule has 8 nitrogen and oxygen atoms in total. The highest BCUT2D eigenvalue weighted by Gasteiger charge is 2.33. The number of aliphatic carboxylic acids is 1. The van der Waals surface area contributed by atoms with Crippen LogP contribution in [0, 0.1) is 0 Å². The number of ketones is 1. The maximum atomic E-state index is 12.8. The number of carboxylic acid groups (broad SMARTS) is 1. The van der Waals surface area contributed by atoms with Gasteiger partial charge in [0.2, 0.25) is 10.0 Å². The largest absolute Gasteiger partial charge is 0.480 e. The number of amides is 1. The lowest BCUT2D eigenvalue weighted by Crippen LogP contribution is -2.50. The van der Waals surface area contributed by atoms with Gasteiger partial charge in [0.15, 0.2) is 5.78 Å². The van der Waals surface area contributed by atoms with Gasteiger partial charge in [-0.2, -0.15) is 0 Å². The van der Waals surface area contributed by atoms with Crippen molar-refractivity contribution in [2.45, 2.75) is 32.7 Å². The fraction of sp³-hybridized carbons (Fsp3) is 0.500. The summed E-state index contributed by atoms with van der Waals surface area (Å²) in [6.45, 7) is 3.05. The first kappa shape index (κ1) is 21.0. The van der Waals surface area contributed by atoms with E-state index in [0.717, 1.165) is 0 Å². The van der Waals surface area contributed by atoms with Gasteiger partial charge in [-0.1, -0.05) is 12.1 Å². The lowest BCUT2D eigenvalue weighted by Gasteiger charge is -2.37. The number of hydrogen-bond donors (Lipinski definition) is 1. The molecule has 0 saturated carbocycles. The molecule has 27 heavy (non-hydrogen) atoms. The lowest BCUT2D eigenvalue weighted by molar-refractivity contribution is -0.138. The minimum atomic E-state index is -3.30. The molecule has 1 fully saturated rings. The number of Topliss-reactive ketones (excluding diaryl/α,β-unsaturated/α-hetero) is 1. The van der Waals surface area contributed by atoms with Crippen LogP contribution >= 0.6 is 0 Å². The number of piperidine rings is 1. The van der Waals surface area contributed by atoms with E-state index in [2.05, 4.69) is 0 Å². The zero-order valence-corrected chi connectivity index (χ0v) is 16.2. The Balaban J connectivity index is 2.17. The van der Waals surface area contributed by atoms with Crippen molar-refractivity contribution in [3.8, 4) is 0 Å². The van der Waals surface area contributed by atoms with Crippen molar-refractivity contribution in [1.82, 2.24) is 9.21 Å². The molecule has 0 radical (unpaired) electrons. The van der Waals surface area contributed by atoms with Gasteiger partial charge in [-0.05, 0) is 38.8 Å². The predicted octanol–water partition coefficient (Wildman–Crippen LogP) is 1.23. The molecule has 1 aliphatic rings. The molecule has 9 heteroatoms. The van der Waals surface area contributed by atoms with Gasteiger partial charge in [0.05, 0.1) is 5.75 Å². The van der Waals surface area contributed by atoms with E-state index in [0.29, 0.717) is 24.0 Å². The Morgan fingerprint density at radius 1 is 1.11 bits per heavy atom. The number of carbonyl (C=O) groups excluding carboxylic acids is 2. The second kappa shape index (κ2) is 8.62. The average Bonchev–Trinajstić information content (AvgIpc) is 2.65. The minimum absolute atomic E-state index is 0.0118. The summed E-state index contributed by atoms with van der Waals surface area (Å²) in [5.74, 6) is -1.68. The fourth-order valence-corrected chi connectivity index (χ4v) is 4.27. The first-order valence-corrected chi connectivity index (χ1v) is 10.4. The highest BCUT2D eigenvalue weighted by atomic mass is 32.2. The van der Waals surface area contributed by atoms with Crippen LogP contribution in [0.25, 0.3) is 0 Å². The Hall–Kier alpha value is -2.26. The fourth-order valence-electron chi connectivity index (χ4n) is 3.14. The van der Waals surface area contributed by atoms with Crippen LogP contribution in [-0.2, 0) is 14.8 Å². The van der Waals surface area contributed by atoms with E-state index < -0.39 is 28.4 Å². The van der Waals surface area contributed by atoms with E-state index >= 15 is 0 Å². The maximum absolute atomic E-state index is 12.8. The molecule has 0 unspecified atom stereocenters. The lowest BCUT2D eigenvalue weighted by atomic mass is 10.0. The summed E-state index contributed by atoms with van der Waals surface area (Å²) < 4.78 is 25.3. The molecule has 0 bridgehead atoms. The maximum Gasteiger partial charge on any atom is 0.323 e. The van der Waals surface area contributed by atoms with Crippen LogP contribution in [-0.4, -0.2) is 71.8 Å². The second-order valence-electron chi connectivity index (χ2n) is 6.49. The van der Waals surface area contributed by atoms with Gasteiger partial charge < -0.3 is 10.0 Å². The second-order valence-corrected chi connectivity index (χ2v) is 8.75. The SMILES string of the molecule is CCS(=O)(=O)N1CCC(N(CC(=O)O)C(=O)c2ccc(C(C)=O)cc2)CC1. The average molecular weight is 396 g/mol. The van der Waals surface area contributed by atoms with E-state index in [-0.39, 0.29) is 30.7 Å². The van der Waals surface area contributed by atoms with Crippen molar-refractivity contribution in [2.75, 3.05) is 25.4 Å². The van der Waals surface area contributed by atoms with Crippen molar-refractivity contribution >= 4 is 27.7 Å². The Morgan fingerprint density at radius 2 is 1.63 bits per heavy atom. The predicted molar refractivity (Wildman–Crippen MR) is 99.2 cm³/mol. The summed E-state index contributed by atoms with van der Waals surface area (Å²) in [6.07, 6.45) is 0.757. The summed E-state index contributed by atoms with van der Waals surface area (Å²) in [4.78, 5) is 36.7. The third-order valence-corrected chi connectivity index (χ3v) is 6.61. The van der Waals surface area contributed by atoms with Gasteiger partial charge in [-0.25, -0.2) is 12.7 Å². The van der Waals surface area contributed by atoms with E-state index in [1.54, 1.807) is 6.92 Å². The molecule has 1 aliphatic heterocycles. The smallest absolute Gasteiger partial charge is 0.323 e. The molecule has 0 spiro atoms. The molecule has 1 N–H and O–H groups in total. The molecule has 0 atom stereocenters. The van der Waals surface area contributed by atoms with Gasteiger partial charge >= 0.3 is 5.97 Å². The van der Waals surface area contributed by atoms with Gasteiger partial charge in [-0.15, -0.1) is 0 Å². The number of benzene rings is 1. The van der Waals surface area contributed by atoms with E-state index in [9.17, 15) is 27.9 Å². The highest BCUT2D eigenvalue weighted by molar-refractivity contribution is 7.89. The number of rotatable bonds is 7. The summed E-state index contributed by atoms with van der Waals surface area (Å²) in [5.41, 5.74) is 0.763. The van der Waals surface area contributed by atoms with Crippen molar-refractivity contribution in [1.29, 1.82) is 0 Å². The topological polar surface area (TPSA) is 112 Å². The Kier molecular flexibility index (Phi) is 6.72. The molecule has 1 heterocycles. The van der Waals surface area contributed by atoms with Crippen LogP contribution < -0.4 is 0 Å². The number of nitrogens with zero attached hydrogens (tertiary/aromatic N) is 2. The summed E-state index contributed by atoms with van der Waals surface area (Å²) in [6, 6.07) is 5.72. The Morgan fingerprint density at radius 3 is 2.07 bits per heavy atom. The van der Waals surface area contributed by atoms with E-state index in [1.807, 2.05) is 0 Å². The standard InChI is InChI=1S/C18H24N2O6S/c1-3-27(25,26)19-10-8-16(9-11-19)20(12-17(22)23)18(24)15-6-4-14(5-7-15)13(2)21/h4-7,16H,3,8-12H2,1-2H3,(H,22,23). The summed E-state index contributed by atoms with van der Waals surface area (Å²) >= 11 is 0. The summed E-state index contributed by atoms with van der Waals surface area (Å²) in [7, 11) is -3.30. The van der Waals surface area contributed by atoms with Crippen molar-refractivity contribution in [2.24, 2.45) is 0 Å². The molecule has 0 aliphatic carbocycles. The minimum Gasteiger partial charge on any atom is -0.480 e. The van der Waals surface area contributed by atoms with E-state index in [4.69, 9.17) is 0 Å². The van der Waals surface area contributed by atoms with Crippen molar-refractivity contribution in [3.05, 3.63) is 35.4 Å². The third-order valence-electron chi connectivity index (χ3n) is 4.73. The van der Waals surface area contributed by atoms with E-state index in [1.165, 1.54) is 40.4 Å². The molecule has 2 rings (SSSR count). The Labute approximate surface area is 158 Å². The summed E-state index contributed by atoms with van der Waals surface area (Å²) in [5, 5.41) is 9.20. The molecule has 0 aromatic heterocycles. The van der Waals surface area contributed by atoms with Crippen LogP contribution in [0.1, 0.15) is 47.4 Å². The molecular formula is C18H24N2O6S. The molecule has 148 valence electrons. The third kappa shape index (κ3) is 5.14. The number of carboxylic acids is 1. The van der Waals surface area contributed by atoms with Gasteiger partial charge in [0.1, 0.15) is 6.54 Å². The molecule has 1 amide bonds. The quantitative estimate of drug-likeness (QED) is 0.694. The molecular weight excluding hydrogens is 372 g/mol. The monoisotopic (exact) mass is 396 g/mol. The number of carbonyl (C=O) groups is 3. The zero-order valence-electron chi connectivity index (χ0n) is 15.4. The molecule has 1 aromatic carbocycles. The van der Waals surface area contributed by atoms with Crippen LogP contribution in [0.2, 0.25) is 0 Å². The number of hydrogen-bond acceptors (Lipinski definition) is 5. The van der Waals surface area contributed by atoms with Crippen LogP contribution in [0.4, 0.5) is 0 Å². The zero-order chi connectivity index (χ0) is 20.2. The molecule has 1 aromatic rings. The van der Waals surface area contributed by atoms with Crippen molar-refractivity contribution in [3.63, 3.8) is 0 Å². The van der Waals surface area contributed by atoms with Crippen LogP contribution in [0.5, 0.6) is 0 Å².